The lowest BCUT2D eigenvalue weighted by molar-refractivity contribution is -0.119. The zero-order valence-corrected chi connectivity index (χ0v) is 8.61. The molecule has 6 heteroatoms. The van der Waals surface area contributed by atoms with Crippen molar-refractivity contribution in [3.63, 3.8) is 0 Å². The molecule has 0 bridgehead atoms. The molecule has 0 saturated carbocycles. The third-order valence-corrected chi connectivity index (χ3v) is 4.10. The summed E-state index contributed by atoms with van der Waals surface area (Å²) in [4.78, 5) is 10.8. The topological polar surface area (TPSA) is 63.2 Å². The maximum absolute atomic E-state index is 11.3. The van der Waals surface area contributed by atoms with Crippen LogP contribution < -0.4 is 4.72 Å². The van der Waals surface area contributed by atoms with E-state index in [1.165, 1.54) is 6.07 Å². The van der Waals surface area contributed by atoms with Crippen molar-refractivity contribution in [2.45, 2.75) is 17.6 Å². The van der Waals surface area contributed by atoms with Gasteiger partial charge in [0.05, 0.1) is 0 Å². The summed E-state index contributed by atoms with van der Waals surface area (Å²) in [5.41, 5.74) is 0. The standard InChI is InChI=1S/C7H9NO3S2/c1-2-6(9)8-13(10,11)7-4-3-5-12-7/h3-5H,2H2,1H3,(H,8,9). The minimum atomic E-state index is -3.61. The highest BCUT2D eigenvalue weighted by molar-refractivity contribution is 7.92. The van der Waals surface area contributed by atoms with Crippen LogP contribution in [-0.4, -0.2) is 14.3 Å². The van der Waals surface area contributed by atoms with Crippen LogP contribution in [0.3, 0.4) is 0 Å². The van der Waals surface area contributed by atoms with Crippen LogP contribution in [0.2, 0.25) is 0 Å². The average molecular weight is 219 g/mol. The molecule has 0 saturated heterocycles. The van der Waals surface area contributed by atoms with Gasteiger partial charge in [-0.3, -0.25) is 4.79 Å². The van der Waals surface area contributed by atoms with Crippen molar-refractivity contribution in [1.82, 2.24) is 4.72 Å². The second kappa shape index (κ2) is 3.89. The van der Waals surface area contributed by atoms with Crippen molar-refractivity contribution in [3.8, 4) is 0 Å². The summed E-state index contributed by atoms with van der Waals surface area (Å²) in [5, 5.41) is 1.64. The summed E-state index contributed by atoms with van der Waals surface area (Å²) in [5.74, 6) is -0.492. The van der Waals surface area contributed by atoms with Gasteiger partial charge < -0.3 is 0 Å². The zero-order chi connectivity index (χ0) is 9.90. The average Bonchev–Trinajstić information content (AvgIpc) is 2.55. The first kappa shape index (κ1) is 10.2. The van der Waals surface area contributed by atoms with E-state index in [0.29, 0.717) is 0 Å². The predicted molar refractivity (Wildman–Crippen MR) is 49.9 cm³/mol. The Kier molecular flexibility index (Phi) is 3.05. The van der Waals surface area contributed by atoms with E-state index >= 15 is 0 Å². The number of nitrogens with one attached hydrogen (secondary N) is 1. The highest BCUT2D eigenvalue weighted by atomic mass is 32.2. The van der Waals surface area contributed by atoms with Gasteiger partial charge in [0, 0.05) is 6.42 Å². The fraction of sp³-hybridized carbons (Fsp3) is 0.286. The van der Waals surface area contributed by atoms with E-state index in [4.69, 9.17) is 0 Å². The molecule has 13 heavy (non-hydrogen) atoms. The number of hydrogen-bond donors (Lipinski definition) is 1. The number of thiophene rings is 1. The Hall–Kier alpha value is -0.880. The first-order chi connectivity index (χ1) is 6.06. The Balaban J connectivity index is 2.86. The molecule has 0 atom stereocenters. The minimum absolute atomic E-state index is 0.157. The van der Waals surface area contributed by atoms with Crippen LogP contribution in [0, 0.1) is 0 Å². The second-order valence-corrected chi connectivity index (χ2v) is 5.17. The number of carbonyl (C=O) groups excluding carboxylic acids is 1. The van der Waals surface area contributed by atoms with Crippen LogP contribution >= 0.6 is 11.3 Å². The van der Waals surface area contributed by atoms with Gasteiger partial charge in [-0.05, 0) is 11.4 Å². The summed E-state index contributed by atoms with van der Waals surface area (Å²) in [6.07, 6.45) is 0.157. The lowest BCUT2D eigenvalue weighted by Crippen LogP contribution is -2.29. The molecule has 0 unspecified atom stereocenters. The molecule has 1 rings (SSSR count). The van der Waals surface area contributed by atoms with Crippen molar-refractivity contribution in [3.05, 3.63) is 17.5 Å². The highest BCUT2D eigenvalue weighted by Gasteiger charge is 2.16. The van der Waals surface area contributed by atoms with Crippen molar-refractivity contribution < 1.29 is 13.2 Å². The fourth-order valence-corrected chi connectivity index (χ4v) is 2.74. The first-order valence-corrected chi connectivity index (χ1v) is 6.01. The van der Waals surface area contributed by atoms with E-state index < -0.39 is 15.9 Å². The monoisotopic (exact) mass is 219 g/mol. The Bertz CT molecular complexity index is 380. The maximum atomic E-state index is 11.3. The molecule has 0 aliphatic rings. The van der Waals surface area contributed by atoms with E-state index in [1.54, 1.807) is 18.4 Å². The van der Waals surface area contributed by atoms with E-state index in [-0.39, 0.29) is 10.6 Å². The smallest absolute Gasteiger partial charge is 0.273 e. The Morgan fingerprint density at radius 1 is 1.62 bits per heavy atom. The maximum Gasteiger partial charge on any atom is 0.273 e. The minimum Gasteiger partial charge on any atom is -0.274 e. The van der Waals surface area contributed by atoms with E-state index in [9.17, 15) is 13.2 Å². The number of amides is 1. The molecule has 1 aromatic heterocycles. The fourth-order valence-electron chi connectivity index (χ4n) is 0.689. The van der Waals surface area contributed by atoms with Crippen LogP contribution in [-0.2, 0) is 14.8 Å². The van der Waals surface area contributed by atoms with Gasteiger partial charge in [0.2, 0.25) is 5.91 Å². The molecule has 0 spiro atoms. The molecule has 0 aliphatic carbocycles. The summed E-state index contributed by atoms with van der Waals surface area (Å²) in [6, 6.07) is 3.07. The van der Waals surface area contributed by atoms with Crippen LogP contribution in [0.1, 0.15) is 13.3 Å². The molecule has 0 radical (unpaired) electrons. The van der Waals surface area contributed by atoms with Gasteiger partial charge in [-0.25, -0.2) is 13.1 Å². The molecule has 0 aliphatic heterocycles. The van der Waals surface area contributed by atoms with Crippen molar-refractivity contribution in [2.75, 3.05) is 0 Å². The number of sulfonamides is 1. The van der Waals surface area contributed by atoms with Gasteiger partial charge in [-0.15, -0.1) is 11.3 Å². The van der Waals surface area contributed by atoms with Crippen LogP contribution in [0.4, 0.5) is 0 Å². The molecule has 0 aromatic carbocycles. The predicted octanol–water partition coefficient (Wildman–Crippen LogP) is 0.963. The summed E-state index contributed by atoms with van der Waals surface area (Å²) < 4.78 is 24.8. The van der Waals surface area contributed by atoms with Gasteiger partial charge in [0.1, 0.15) is 4.21 Å². The van der Waals surface area contributed by atoms with Gasteiger partial charge in [-0.1, -0.05) is 13.0 Å². The second-order valence-electron chi connectivity index (χ2n) is 2.31. The van der Waals surface area contributed by atoms with Crippen LogP contribution in [0.5, 0.6) is 0 Å². The molecular weight excluding hydrogens is 210 g/mol. The van der Waals surface area contributed by atoms with Gasteiger partial charge in [-0.2, -0.15) is 0 Å². The quantitative estimate of drug-likeness (QED) is 0.823. The third kappa shape index (κ3) is 2.53. The van der Waals surface area contributed by atoms with Crippen molar-refractivity contribution >= 4 is 27.3 Å². The lowest BCUT2D eigenvalue weighted by atomic mass is 10.5. The number of hydrogen-bond acceptors (Lipinski definition) is 4. The third-order valence-electron chi connectivity index (χ3n) is 1.33. The largest absolute Gasteiger partial charge is 0.274 e. The summed E-state index contributed by atoms with van der Waals surface area (Å²) in [6.45, 7) is 1.60. The zero-order valence-electron chi connectivity index (χ0n) is 6.98. The Labute approximate surface area is 80.6 Å². The molecule has 1 heterocycles. The van der Waals surface area contributed by atoms with Gasteiger partial charge >= 0.3 is 0 Å². The Morgan fingerprint density at radius 3 is 2.77 bits per heavy atom. The van der Waals surface area contributed by atoms with Crippen molar-refractivity contribution in [2.24, 2.45) is 0 Å². The van der Waals surface area contributed by atoms with E-state index in [2.05, 4.69) is 0 Å². The van der Waals surface area contributed by atoms with Crippen molar-refractivity contribution in [1.29, 1.82) is 0 Å². The van der Waals surface area contributed by atoms with Gasteiger partial charge in [0.25, 0.3) is 10.0 Å². The SMILES string of the molecule is CCC(=O)NS(=O)(=O)c1cccs1. The molecular formula is C7H9NO3S2. The highest BCUT2D eigenvalue weighted by Crippen LogP contribution is 2.14. The Morgan fingerprint density at radius 2 is 2.31 bits per heavy atom. The normalized spacial score (nSPS) is 11.2. The van der Waals surface area contributed by atoms with Gasteiger partial charge in [0.15, 0.2) is 0 Å². The molecule has 72 valence electrons. The number of carbonyl (C=O) groups is 1. The summed E-state index contributed by atoms with van der Waals surface area (Å²) >= 11 is 1.08. The van der Waals surface area contributed by atoms with Crippen LogP contribution in [0.25, 0.3) is 0 Å². The molecule has 4 nitrogen and oxygen atoms in total. The lowest BCUT2D eigenvalue weighted by Gasteiger charge is -2.01. The van der Waals surface area contributed by atoms with E-state index in [0.717, 1.165) is 11.3 Å². The summed E-state index contributed by atoms with van der Waals surface area (Å²) in [7, 11) is -3.61. The molecule has 1 amide bonds. The molecule has 0 fully saturated rings. The van der Waals surface area contributed by atoms with E-state index in [1.807, 2.05) is 4.72 Å². The molecule has 1 N–H and O–H groups in total. The number of rotatable bonds is 3. The first-order valence-electron chi connectivity index (χ1n) is 3.65. The molecule has 1 aromatic rings. The van der Waals surface area contributed by atoms with Crippen LogP contribution in [0.15, 0.2) is 21.7 Å².